The lowest BCUT2D eigenvalue weighted by molar-refractivity contribution is -0.142. The number of phenolic OH excluding ortho intramolecular Hbond substituents is 1. The molecule has 4 aliphatic rings. The van der Waals surface area contributed by atoms with Crippen LogP contribution in [0.25, 0.3) is 0 Å². The summed E-state index contributed by atoms with van der Waals surface area (Å²) in [6, 6.07) is 11.5. The number of thiazole rings is 1. The number of carboxylic acids is 1. The predicted molar refractivity (Wildman–Crippen MR) is 163 cm³/mol. The number of aliphatic carboxylic acids is 1. The summed E-state index contributed by atoms with van der Waals surface area (Å²) in [6.07, 6.45) is 0.424. The highest BCUT2D eigenvalue weighted by atomic mass is 32.2. The molecule has 14 heteroatoms. The van der Waals surface area contributed by atoms with Crippen LogP contribution < -0.4 is 19.7 Å². The van der Waals surface area contributed by atoms with Crippen molar-refractivity contribution in [3.63, 3.8) is 0 Å². The molecule has 7 atom stereocenters. The molecule has 1 saturated heterocycles. The van der Waals surface area contributed by atoms with E-state index >= 15 is 0 Å². The quantitative estimate of drug-likeness (QED) is 0.199. The molecule has 2 aromatic carbocycles. The van der Waals surface area contributed by atoms with Gasteiger partial charge in [-0.15, -0.1) is 11.8 Å². The Labute approximate surface area is 264 Å². The Morgan fingerprint density at radius 2 is 1.78 bits per heavy atom. The fraction of sp³-hybridized carbons (Fsp3) is 0.387. The van der Waals surface area contributed by atoms with Crippen molar-refractivity contribution in [2.24, 2.45) is 29.6 Å². The average molecular weight is 652 g/mol. The number of ether oxygens (including phenoxy) is 2. The third-order valence-corrected chi connectivity index (χ3v) is 12.0. The van der Waals surface area contributed by atoms with Gasteiger partial charge >= 0.3 is 10.8 Å². The second-order valence-electron chi connectivity index (χ2n) is 11.7. The first-order valence-electron chi connectivity index (χ1n) is 14.5. The van der Waals surface area contributed by atoms with Crippen molar-refractivity contribution in [1.29, 1.82) is 0 Å². The molecular weight excluding hydrogens is 622 g/mol. The molecule has 3 heterocycles. The summed E-state index contributed by atoms with van der Waals surface area (Å²) in [7, 11) is 1.50. The Balaban J connectivity index is 1.16. The van der Waals surface area contributed by atoms with Crippen LogP contribution in [-0.2, 0) is 19.2 Å². The van der Waals surface area contributed by atoms with E-state index in [2.05, 4.69) is 10.3 Å². The number of likely N-dealkylation sites (tertiary alicyclic amines) is 1. The SMILES string of the molecule is COc1cc([C@H]2c3sc(=O)[nH]c3SC3C4CC(C5C(=O)N(CCC(=O)O)C(=O)C45)C32)ccc1OCC(=O)Nc1ccc(O)cc1. The van der Waals surface area contributed by atoms with E-state index < -0.39 is 23.7 Å². The van der Waals surface area contributed by atoms with Gasteiger partial charge in [-0.05, 0) is 66.1 Å². The number of imide groups is 1. The van der Waals surface area contributed by atoms with Gasteiger partial charge in [0.25, 0.3) is 5.91 Å². The Morgan fingerprint density at radius 1 is 1.04 bits per heavy atom. The van der Waals surface area contributed by atoms with E-state index in [0.717, 1.165) is 31.7 Å². The highest BCUT2D eigenvalue weighted by molar-refractivity contribution is 8.00. The maximum Gasteiger partial charge on any atom is 0.305 e. The van der Waals surface area contributed by atoms with Crippen molar-refractivity contribution in [1.82, 2.24) is 9.88 Å². The molecule has 7 rings (SSSR count). The van der Waals surface area contributed by atoms with E-state index in [1.54, 1.807) is 30.0 Å². The van der Waals surface area contributed by atoms with Crippen molar-refractivity contribution in [2.75, 3.05) is 25.6 Å². The normalized spacial score (nSPS) is 27.6. The largest absolute Gasteiger partial charge is 0.508 e. The summed E-state index contributed by atoms with van der Waals surface area (Å²) < 4.78 is 11.5. The van der Waals surface area contributed by atoms with E-state index in [-0.39, 0.29) is 70.9 Å². The molecule has 1 aromatic heterocycles. The second-order valence-corrected chi connectivity index (χ2v) is 13.9. The number of aromatic amines is 1. The second kappa shape index (κ2) is 11.2. The number of benzene rings is 2. The number of H-pyrrole nitrogens is 1. The molecule has 2 bridgehead atoms. The van der Waals surface area contributed by atoms with Gasteiger partial charge in [0.15, 0.2) is 18.1 Å². The third kappa shape index (κ3) is 4.96. The van der Waals surface area contributed by atoms with E-state index in [0.29, 0.717) is 23.6 Å². The van der Waals surface area contributed by atoms with Gasteiger partial charge in [-0.3, -0.25) is 28.9 Å². The lowest BCUT2D eigenvalue weighted by atomic mass is 9.68. The van der Waals surface area contributed by atoms with Crippen LogP contribution in [0.2, 0.25) is 0 Å². The monoisotopic (exact) mass is 651 g/mol. The van der Waals surface area contributed by atoms with Gasteiger partial charge in [0.2, 0.25) is 11.8 Å². The summed E-state index contributed by atoms with van der Waals surface area (Å²) in [5.41, 5.74) is 1.37. The molecule has 3 amide bonds. The van der Waals surface area contributed by atoms with E-state index in [9.17, 15) is 29.1 Å². The first-order valence-corrected chi connectivity index (χ1v) is 16.2. The number of carbonyl (C=O) groups excluding carboxylic acids is 3. The highest BCUT2D eigenvalue weighted by Gasteiger charge is 2.69. The first-order chi connectivity index (χ1) is 21.6. The van der Waals surface area contributed by atoms with Crippen molar-refractivity contribution >= 4 is 52.5 Å². The Bertz CT molecular complexity index is 1770. The first kappa shape index (κ1) is 29.4. The number of fused-ring (bicyclic) bond motifs is 9. The molecule has 2 aliphatic carbocycles. The Morgan fingerprint density at radius 3 is 2.49 bits per heavy atom. The summed E-state index contributed by atoms with van der Waals surface area (Å²) in [4.78, 5) is 68.0. The minimum absolute atomic E-state index is 0.0132. The molecule has 0 radical (unpaired) electrons. The molecule has 12 nitrogen and oxygen atoms in total. The van der Waals surface area contributed by atoms with Crippen LogP contribution >= 0.6 is 23.1 Å². The predicted octanol–water partition coefficient (Wildman–Crippen LogP) is 3.12. The number of anilines is 1. The van der Waals surface area contributed by atoms with Crippen LogP contribution in [0, 0.1) is 29.6 Å². The number of carboxylic acid groups (broad SMARTS) is 1. The van der Waals surface area contributed by atoms with Gasteiger partial charge in [0.05, 0.1) is 30.4 Å². The topological polar surface area (TPSA) is 175 Å². The molecule has 2 saturated carbocycles. The van der Waals surface area contributed by atoms with Gasteiger partial charge in [0.1, 0.15) is 5.75 Å². The number of amides is 3. The van der Waals surface area contributed by atoms with Gasteiger partial charge in [-0.25, -0.2) is 0 Å². The number of phenols is 1. The number of nitrogens with zero attached hydrogens (tertiary/aromatic N) is 1. The average Bonchev–Trinajstić information content (AvgIpc) is 3.75. The number of nitrogens with one attached hydrogen (secondary N) is 2. The van der Waals surface area contributed by atoms with E-state index in [4.69, 9.17) is 14.6 Å². The smallest absolute Gasteiger partial charge is 0.305 e. The van der Waals surface area contributed by atoms with Crippen LogP contribution in [0.1, 0.15) is 29.2 Å². The summed E-state index contributed by atoms with van der Waals surface area (Å²) in [5.74, 6) is -2.64. The number of aromatic nitrogens is 1. The number of methoxy groups -OCH3 is 1. The molecule has 234 valence electrons. The molecule has 0 spiro atoms. The Kier molecular flexibility index (Phi) is 7.35. The van der Waals surface area contributed by atoms with E-state index in [1.165, 1.54) is 19.2 Å². The number of aromatic hydroxyl groups is 1. The number of hydrogen-bond acceptors (Lipinski definition) is 10. The standard InChI is InChI=1S/C31H29N3O9S2/c1-42-19-10-13(2-7-18(19)43-12-20(36)32-14-3-5-15(35)6-4-14)22-23-16-11-17(26(23)44-28-27(22)45-31(41)33-28)25-24(16)29(39)34(30(25)40)9-8-21(37)38/h2-7,10,16-17,22-26,35H,8-9,11-12H2,1H3,(H,32,36)(H,33,41)(H,37,38)/t16?,17?,22-,23?,24?,25?,26?/m1/s1. The fourth-order valence-corrected chi connectivity index (χ4v) is 10.7. The van der Waals surface area contributed by atoms with Gasteiger partial charge in [0, 0.05) is 28.3 Å². The Hall–Kier alpha value is -4.30. The molecule has 4 N–H and O–H groups in total. The van der Waals surface area contributed by atoms with Gasteiger partial charge in [-0.2, -0.15) is 0 Å². The number of rotatable bonds is 9. The van der Waals surface area contributed by atoms with Crippen LogP contribution in [0.3, 0.4) is 0 Å². The summed E-state index contributed by atoms with van der Waals surface area (Å²) >= 11 is 2.71. The molecule has 3 fully saturated rings. The zero-order valence-corrected chi connectivity index (χ0v) is 25.6. The van der Waals surface area contributed by atoms with E-state index in [1.807, 2.05) is 12.1 Å². The number of thioether (sulfide) groups is 1. The van der Waals surface area contributed by atoms with Gasteiger partial charge in [-0.1, -0.05) is 17.4 Å². The zero-order valence-electron chi connectivity index (χ0n) is 23.9. The minimum Gasteiger partial charge on any atom is -0.508 e. The van der Waals surface area contributed by atoms with Crippen LogP contribution in [0.15, 0.2) is 52.3 Å². The fourth-order valence-electron chi connectivity index (χ4n) is 7.76. The maximum atomic E-state index is 13.5. The zero-order chi connectivity index (χ0) is 31.6. The van der Waals surface area contributed by atoms with Gasteiger partial charge < -0.3 is 30.0 Å². The summed E-state index contributed by atoms with van der Waals surface area (Å²) in [6.45, 7) is -0.413. The minimum atomic E-state index is -1.06. The lowest BCUT2D eigenvalue weighted by Crippen LogP contribution is -2.42. The third-order valence-electron chi connectivity index (χ3n) is 9.42. The van der Waals surface area contributed by atoms with Crippen LogP contribution in [0.5, 0.6) is 17.2 Å². The highest BCUT2D eigenvalue weighted by Crippen LogP contribution is 2.68. The maximum absolute atomic E-state index is 13.5. The molecule has 45 heavy (non-hydrogen) atoms. The molecule has 3 aromatic rings. The van der Waals surface area contributed by atoms with Crippen molar-refractivity contribution in [3.05, 3.63) is 62.6 Å². The van der Waals surface area contributed by atoms with Crippen LogP contribution in [-0.4, -0.2) is 69.3 Å². The molecule has 6 unspecified atom stereocenters. The van der Waals surface area contributed by atoms with Crippen molar-refractivity contribution in [2.45, 2.75) is 29.0 Å². The molecule has 2 aliphatic heterocycles. The lowest BCUT2D eigenvalue weighted by Gasteiger charge is -2.43. The number of carbonyl (C=O) groups is 4. The molecular formula is C31H29N3O9S2. The van der Waals surface area contributed by atoms with Crippen molar-refractivity contribution in [3.8, 4) is 17.2 Å². The van der Waals surface area contributed by atoms with Crippen LogP contribution in [0.4, 0.5) is 5.69 Å². The summed E-state index contributed by atoms with van der Waals surface area (Å²) in [5, 5.41) is 22.1. The van der Waals surface area contributed by atoms with Crippen molar-refractivity contribution < 1.29 is 38.9 Å². The number of hydrogen-bond donors (Lipinski definition) is 4.